The molecule has 2 saturated heterocycles. The minimum atomic E-state index is -0.655. The Balaban J connectivity index is 1.13. The summed E-state index contributed by atoms with van der Waals surface area (Å²) in [5, 5.41) is 17.3. The van der Waals surface area contributed by atoms with E-state index in [0.29, 0.717) is 72.0 Å². The summed E-state index contributed by atoms with van der Waals surface area (Å²) in [6, 6.07) is 19.2. The number of benzene rings is 2. The Morgan fingerprint density at radius 1 is 1.00 bits per heavy atom. The highest BCUT2D eigenvalue weighted by Gasteiger charge is 2.36. The summed E-state index contributed by atoms with van der Waals surface area (Å²) in [6.07, 6.45) is 4.63. The summed E-state index contributed by atoms with van der Waals surface area (Å²) in [6.45, 7) is 4.60. The number of fused-ring (bicyclic) bond motifs is 1. The summed E-state index contributed by atoms with van der Waals surface area (Å²) in [5.41, 5.74) is 5.65. The topological polar surface area (TPSA) is 121 Å². The van der Waals surface area contributed by atoms with Gasteiger partial charge in [-0.25, -0.2) is 9.97 Å². The highest BCUT2D eigenvalue weighted by molar-refractivity contribution is 6.39. The van der Waals surface area contributed by atoms with Crippen molar-refractivity contribution in [2.45, 2.75) is 44.5 Å². The number of aromatic nitrogens is 3. The average Bonchev–Trinajstić information content (AvgIpc) is 3.50. The van der Waals surface area contributed by atoms with Crippen LogP contribution < -0.4 is 20.9 Å². The Bertz CT molecular complexity index is 2130. The molecule has 3 aromatic heterocycles. The minimum Gasteiger partial charge on any atom is -0.481 e. The van der Waals surface area contributed by atoms with E-state index in [1.54, 1.807) is 19.5 Å². The zero-order chi connectivity index (χ0) is 34.3. The fraction of sp³-hybridized carbons (Fsp3) is 0.297. The van der Waals surface area contributed by atoms with Gasteiger partial charge in [0, 0.05) is 91.0 Å². The van der Waals surface area contributed by atoms with E-state index in [1.807, 2.05) is 67.6 Å². The molecule has 0 aliphatic carbocycles. The first-order valence-electron chi connectivity index (χ1n) is 16.2. The predicted octanol–water partition coefficient (Wildman–Crippen LogP) is 5.34. The van der Waals surface area contributed by atoms with Crippen LogP contribution in [-0.4, -0.2) is 68.7 Å². The largest absolute Gasteiger partial charge is 0.481 e. The number of ether oxygens (including phenoxy) is 1. The predicted molar refractivity (Wildman–Crippen MR) is 191 cm³/mol. The number of pyridine rings is 2. The van der Waals surface area contributed by atoms with Crippen molar-refractivity contribution < 1.29 is 14.6 Å². The third-order valence-electron chi connectivity index (χ3n) is 9.10. The fourth-order valence-corrected chi connectivity index (χ4v) is 7.36. The van der Waals surface area contributed by atoms with Gasteiger partial charge in [0.1, 0.15) is 5.65 Å². The second kappa shape index (κ2) is 13.5. The number of hydrogen-bond acceptors (Lipinski definition) is 8. The minimum absolute atomic E-state index is 0.0626. The summed E-state index contributed by atoms with van der Waals surface area (Å²) >= 11 is 14.2. The van der Waals surface area contributed by atoms with Crippen LogP contribution in [-0.2, 0) is 17.9 Å². The molecule has 2 aromatic carbocycles. The number of carbonyl (C=O) groups excluding carboxylic acids is 1. The van der Waals surface area contributed by atoms with Gasteiger partial charge in [-0.15, -0.1) is 0 Å². The van der Waals surface area contributed by atoms with E-state index in [4.69, 9.17) is 32.9 Å². The van der Waals surface area contributed by atoms with Crippen LogP contribution in [0.25, 0.3) is 39.2 Å². The van der Waals surface area contributed by atoms with E-state index in [1.165, 1.54) is 4.40 Å². The number of methoxy groups -OCH3 is 1. The van der Waals surface area contributed by atoms with Crippen LogP contribution in [0, 0.1) is 0 Å². The molecule has 2 aliphatic heterocycles. The van der Waals surface area contributed by atoms with Crippen LogP contribution in [0.15, 0.2) is 77.9 Å². The second-order valence-corrected chi connectivity index (χ2v) is 13.8. The first kappa shape index (κ1) is 33.2. The van der Waals surface area contributed by atoms with Crippen LogP contribution in [0.5, 0.6) is 5.88 Å². The molecule has 0 radical (unpaired) electrons. The third kappa shape index (κ3) is 6.79. The van der Waals surface area contributed by atoms with Crippen molar-refractivity contribution in [3.63, 3.8) is 0 Å². The number of rotatable bonds is 10. The number of aliphatic hydroxyl groups is 1. The highest BCUT2D eigenvalue weighted by Crippen LogP contribution is 2.42. The van der Waals surface area contributed by atoms with Gasteiger partial charge < -0.3 is 20.5 Å². The lowest BCUT2D eigenvalue weighted by molar-refractivity contribution is -0.119. The molecule has 1 amide bonds. The van der Waals surface area contributed by atoms with E-state index in [-0.39, 0.29) is 17.5 Å². The van der Waals surface area contributed by atoms with E-state index in [0.717, 1.165) is 39.8 Å². The first-order chi connectivity index (χ1) is 23.6. The maximum atomic E-state index is 13.2. The fourth-order valence-electron chi connectivity index (χ4n) is 6.70. The number of likely N-dealkylation sites (tertiary alicyclic amines) is 1. The zero-order valence-electron chi connectivity index (χ0n) is 27.2. The highest BCUT2D eigenvalue weighted by atomic mass is 35.5. The lowest BCUT2D eigenvalue weighted by atomic mass is 9.96. The molecule has 7 rings (SSSR count). The molecule has 49 heavy (non-hydrogen) atoms. The van der Waals surface area contributed by atoms with Crippen LogP contribution >= 0.6 is 23.2 Å². The molecule has 1 unspecified atom stereocenters. The van der Waals surface area contributed by atoms with Gasteiger partial charge in [-0.2, -0.15) is 0 Å². The maximum absolute atomic E-state index is 13.2. The van der Waals surface area contributed by atoms with Crippen molar-refractivity contribution in [2.24, 2.45) is 0 Å². The van der Waals surface area contributed by atoms with Gasteiger partial charge in [-0.3, -0.25) is 18.9 Å². The number of amides is 1. The first-order valence-corrected chi connectivity index (χ1v) is 16.9. The molecule has 12 heteroatoms. The van der Waals surface area contributed by atoms with E-state index < -0.39 is 5.60 Å². The Morgan fingerprint density at radius 2 is 1.71 bits per heavy atom. The van der Waals surface area contributed by atoms with Crippen LogP contribution in [0.4, 0.5) is 0 Å². The van der Waals surface area contributed by atoms with Crippen molar-refractivity contribution in [1.29, 1.82) is 0 Å². The lowest BCUT2D eigenvalue weighted by Gasteiger charge is -2.44. The Kier molecular flexibility index (Phi) is 9.17. The molecule has 5 heterocycles. The molecule has 5 aromatic rings. The average molecular weight is 700 g/mol. The van der Waals surface area contributed by atoms with Crippen molar-refractivity contribution >= 4 is 34.8 Å². The smallest absolute Gasteiger partial charge is 0.262 e. The Labute approximate surface area is 293 Å². The summed E-state index contributed by atoms with van der Waals surface area (Å²) < 4.78 is 7.17. The van der Waals surface area contributed by atoms with Crippen molar-refractivity contribution in [2.75, 3.05) is 26.7 Å². The van der Waals surface area contributed by atoms with Crippen molar-refractivity contribution in [1.82, 2.24) is 29.9 Å². The molecule has 0 bridgehead atoms. The third-order valence-corrected chi connectivity index (χ3v) is 9.92. The van der Waals surface area contributed by atoms with Gasteiger partial charge in [0.2, 0.25) is 11.8 Å². The molecule has 0 saturated carbocycles. The SMILES string of the molecule is COc1nc(-c2cccc(-c3cccc(-c4ccn5c(=O)c(CNCC6CCC(=O)N6)cnc5c4)c3Cl)c2Cl)ccc1CN1CC(C)(O)C1. The van der Waals surface area contributed by atoms with Gasteiger partial charge in [-0.1, -0.05) is 65.7 Å². The Hall–Kier alpha value is -4.32. The summed E-state index contributed by atoms with van der Waals surface area (Å²) in [5.74, 6) is 0.574. The standard InChI is InChI=1S/C37H36Cl2N6O4/c1-37(48)20-44(21-37)19-23-9-11-30(43-35(23)49-2)29-8-4-7-28(34(29)39)27-6-3-5-26(33(27)38)22-13-14-45-31(15-22)41-17-24(36(45)47)16-40-18-25-10-12-32(46)42-25/h3-9,11,13-15,17,25,40,48H,10,12,16,18-21H2,1-2H3,(H,42,46). The molecule has 2 aliphatic rings. The molecule has 0 spiro atoms. The van der Waals surface area contributed by atoms with Gasteiger partial charge in [-0.05, 0) is 37.1 Å². The van der Waals surface area contributed by atoms with Crippen LogP contribution in [0.3, 0.4) is 0 Å². The molecule has 252 valence electrons. The summed E-state index contributed by atoms with van der Waals surface area (Å²) in [7, 11) is 1.60. The number of nitrogens with zero attached hydrogens (tertiary/aromatic N) is 4. The second-order valence-electron chi connectivity index (χ2n) is 13.0. The molecule has 3 N–H and O–H groups in total. The Morgan fingerprint density at radius 3 is 2.41 bits per heavy atom. The molecule has 2 fully saturated rings. The van der Waals surface area contributed by atoms with Gasteiger partial charge in [0.15, 0.2) is 0 Å². The molecule has 1 atom stereocenters. The number of hydrogen-bond donors (Lipinski definition) is 3. The van der Waals surface area contributed by atoms with Crippen molar-refractivity contribution in [3.05, 3.63) is 105 Å². The number of nitrogens with one attached hydrogen (secondary N) is 2. The number of halogens is 2. The van der Waals surface area contributed by atoms with E-state index in [9.17, 15) is 14.7 Å². The monoisotopic (exact) mass is 698 g/mol. The normalized spacial score (nSPS) is 17.2. The van der Waals surface area contributed by atoms with E-state index >= 15 is 0 Å². The quantitative estimate of drug-likeness (QED) is 0.179. The van der Waals surface area contributed by atoms with Gasteiger partial charge in [0.25, 0.3) is 5.56 Å². The zero-order valence-corrected chi connectivity index (χ0v) is 28.7. The van der Waals surface area contributed by atoms with E-state index in [2.05, 4.69) is 20.5 Å². The molecule has 10 nitrogen and oxygen atoms in total. The lowest BCUT2D eigenvalue weighted by Crippen LogP contribution is -2.59. The van der Waals surface area contributed by atoms with Crippen molar-refractivity contribution in [3.8, 4) is 39.4 Å². The summed E-state index contributed by atoms with van der Waals surface area (Å²) in [4.78, 5) is 36.2. The molecular weight excluding hydrogens is 663 g/mol. The number of carbonyl (C=O) groups is 1. The van der Waals surface area contributed by atoms with Gasteiger partial charge >= 0.3 is 0 Å². The molecular formula is C37H36Cl2N6O4. The maximum Gasteiger partial charge on any atom is 0.262 e. The van der Waals surface area contributed by atoms with Crippen LogP contribution in [0.1, 0.15) is 30.9 Å². The van der Waals surface area contributed by atoms with Gasteiger partial charge in [0.05, 0.1) is 28.5 Å². The van der Waals surface area contributed by atoms with Crippen LogP contribution in [0.2, 0.25) is 10.0 Å². The number of β-amino-alcohol motifs (C(OH)–C–C–N with tert-alkyl or cyclic N) is 1.